The minimum absolute atomic E-state index is 0.544. The van der Waals surface area contributed by atoms with Gasteiger partial charge in [0.15, 0.2) is 5.82 Å². The summed E-state index contributed by atoms with van der Waals surface area (Å²) in [6, 6.07) is 12.5. The number of aryl methyl sites for hydroxylation is 1. The van der Waals surface area contributed by atoms with Crippen LogP contribution in [0.15, 0.2) is 71.9 Å². The molecule has 0 atom stereocenters. The first-order chi connectivity index (χ1) is 15.1. The first-order valence-electron chi connectivity index (χ1n) is 10.4. The molecule has 0 N–H and O–H groups in total. The fraction of sp³-hybridized carbons (Fsp3) is 0.200. The molecule has 0 unspecified atom stereocenters. The van der Waals surface area contributed by atoms with Crippen LogP contribution >= 0.6 is 0 Å². The number of hydrogen-bond acceptors (Lipinski definition) is 5. The Morgan fingerprint density at radius 3 is 2.68 bits per heavy atom. The van der Waals surface area contributed by atoms with Gasteiger partial charge in [-0.3, -0.25) is 9.97 Å². The van der Waals surface area contributed by atoms with Crippen LogP contribution in [0.5, 0.6) is 0 Å². The second-order valence-corrected chi connectivity index (χ2v) is 8.02. The van der Waals surface area contributed by atoms with Gasteiger partial charge in [0, 0.05) is 60.4 Å². The molecule has 0 radical (unpaired) electrons. The third kappa shape index (κ3) is 3.50. The van der Waals surface area contributed by atoms with Crippen molar-refractivity contribution >= 4 is 29.6 Å². The number of likely N-dealkylation sites (tertiary alicyclic amines) is 1. The number of aromatic nitrogens is 4. The number of pyridine rings is 2. The minimum Gasteiger partial charge on any atom is -0.372 e. The molecule has 4 aromatic rings. The highest BCUT2D eigenvalue weighted by Crippen LogP contribution is 2.36. The second-order valence-electron chi connectivity index (χ2n) is 8.02. The topological polar surface area (TPSA) is 59.2 Å². The lowest BCUT2D eigenvalue weighted by Crippen LogP contribution is -2.43. The van der Waals surface area contributed by atoms with E-state index in [4.69, 9.17) is 0 Å². The Balaban J connectivity index is 1.44. The number of allylic oxidation sites excluding steroid dienone is 1. The van der Waals surface area contributed by atoms with E-state index >= 15 is 0 Å². The van der Waals surface area contributed by atoms with E-state index in [1.807, 2.05) is 47.8 Å². The molecule has 1 fully saturated rings. The SMILES string of the molecule is C=Nc1c(-c2ccnc3ccc(C)cc23)cnn1/C=C(\C)N1CC(c2ccncc2)C1. The standard InChI is InChI=1S/C25H24N6/c1-17-4-5-24-22(12-17)21(8-11-28-24)23-13-29-31(25(23)26-3)14-18(2)30-15-20(16-30)19-6-9-27-10-7-19/h4-14,20H,3,15-16H2,1-2H3/b18-14+. The molecule has 1 aliphatic rings. The second kappa shape index (κ2) is 7.80. The Hall–Kier alpha value is -3.80. The highest BCUT2D eigenvalue weighted by atomic mass is 15.3. The Labute approximate surface area is 181 Å². The predicted molar refractivity (Wildman–Crippen MR) is 125 cm³/mol. The van der Waals surface area contributed by atoms with Crippen LogP contribution in [0.2, 0.25) is 0 Å². The number of rotatable bonds is 5. The van der Waals surface area contributed by atoms with Crippen molar-refractivity contribution in [1.82, 2.24) is 24.6 Å². The lowest BCUT2D eigenvalue weighted by atomic mass is 9.92. The van der Waals surface area contributed by atoms with Crippen LogP contribution in [0.3, 0.4) is 0 Å². The Bertz CT molecular complexity index is 1280. The summed E-state index contributed by atoms with van der Waals surface area (Å²) < 4.78 is 1.82. The number of benzene rings is 1. The molecule has 1 aliphatic heterocycles. The lowest BCUT2D eigenvalue weighted by molar-refractivity contribution is 0.200. The largest absolute Gasteiger partial charge is 0.372 e. The minimum atomic E-state index is 0.544. The van der Waals surface area contributed by atoms with Crippen LogP contribution < -0.4 is 0 Å². The molecule has 0 spiro atoms. The van der Waals surface area contributed by atoms with Crippen LogP contribution in [0.25, 0.3) is 28.2 Å². The first kappa shape index (κ1) is 19.2. The molecule has 5 rings (SSSR count). The number of aliphatic imine (C=N–C) groups is 1. The van der Waals surface area contributed by atoms with Crippen LogP contribution in [-0.4, -0.2) is 44.5 Å². The van der Waals surface area contributed by atoms with Crippen molar-refractivity contribution in [3.8, 4) is 11.1 Å². The van der Waals surface area contributed by atoms with E-state index in [1.165, 1.54) is 11.1 Å². The van der Waals surface area contributed by atoms with Gasteiger partial charge in [0.25, 0.3) is 0 Å². The van der Waals surface area contributed by atoms with Crippen molar-refractivity contribution in [2.75, 3.05) is 13.1 Å². The molecule has 31 heavy (non-hydrogen) atoms. The Kier molecular flexibility index (Phi) is 4.82. The summed E-state index contributed by atoms with van der Waals surface area (Å²) in [7, 11) is 0. The molecule has 6 heteroatoms. The zero-order valence-corrected chi connectivity index (χ0v) is 17.7. The van der Waals surface area contributed by atoms with Gasteiger partial charge in [0.05, 0.1) is 11.7 Å². The van der Waals surface area contributed by atoms with E-state index in [0.29, 0.717) is 5.92 Å². The van der Waals surface area contributed by atoms with Gasteiger partial charge in [0.2, 0.25) is 0 Å². The normalized spacial score (nSPS) is 14.6. The fourth-order valence-corrected chi connectivity index (χ4v) is 4.16. The van der Waals surface area contributed by atoms with Crippen molar-refractivity contribution in [1.29, 1.82) is 0 Å². The van der Waals surface area contributed by atoms with E-state index < -0.39 is 0 Å². The smallest absolute Gasteiger partial charge is 0.162 e. The van der Waals surface area contributed by atoms with Crippen LogP contribution in [0, 0.1) is 6.92 Å². The zero-order chi connectivity index (χ0) is 21.4. The summed E-state index contributed by atoms with van der Waals surface area (Å²) in [4.78, 5) is 15.3. The number of hydrogen-bond donors (Lipinski definition) is 0. The molecule has 1 saturated heterocycles. The average molecular weight is 409 g/mol. The van der Waals surface area contributed by atoms with Gasteiger partial charge in [-0.2, -0.15) is 5.10 Å². The molecule has 154 valence electrons. The highest BCUT2D eigenvalue weighted by Gasteiger charge is 2.28. The van der Waals surface area contributed by atoms with Crippen LogP contribution in [-0.2, 0) is 0 Å². The quantitative estimate of drug-likeness (QED) is 0.434. The monoisotopic (exact) mass is 408 g/mol. The average Bonchev–Trinajstić information content (AvgIpc) is 3.15. The number of fused-ring (bicyclic) bond motifs is 1. The summed E-state index contributed by atoms with van der Waals surface area (Å²) in [5.74, 6) is 1.28. The molecule has 4 heterocycles. The van der Waals surface area contributed by atoms with Gasteiger partial charge in [-0.15, -0.1) is 0 Å². The summed E-state index contributed by atoms with van der Waals surface area (Å²) >= 11 is 0. The van der Waals surface area contributed by atoms with Crippen molar-refractivity contribution in [3.05, 3.63) is 78.0 Å². The lowest BCUT2D eigenvalue weighted by Gasteiger charge is -2.41. The molecule has 0 bridgehead atoms. The molecule has 3 aromatic heterocycles. The van der Waals surface area contributed by atoms with Gasteiger partial charge < -0.3 is 4.90 Å². The molecule has 0 amide bonds. The molecule has 0 aliphatic carbocycles. The maximum atomic E-state index is 4.60. The van der Waals surface area contributed by atoms with E-state index in [1.54, 1.807) is 0 Å². The van der Waals surface area contributed by atoms with Crippen LogP contribution in [0.1, 0.15) is 24.0 Å². The maximum Gasteiger partial charge on any atom is 0.162 e. The van der Waals surface area contributed by atoms with E-state index in [-0.39, 0.29) is 0 Å². The first-order valence-corrected chi connectivity index (χ1v) is 10.4. The number of nitrogens with zero attached hydrogens (tertiary/aromatic N) is 6. The van der Waals surface area contributed by atoms with E-state index in [9.17, 15) is 0 Å². The van der Waals surface area contributed by atoms with Crippen molar-refractivity contribution in [2.24, 2.45) is 4.99 Å². The van der Waals surface area contributed by atoms with Crippen molar-refractivity contribution in [2.45, 2.75) is 19.8 Å². The maximum absolute atomic E-state index is 4.60. The van der Waals surface area contributed by atoms with Crippen molar-refractivity contribution < 1.29 is 0 Å². The third-order valence-electron chi connectivity index (χ3n) is 5.97. The van der Waals surface area contributed by atoms with Crippen LogP contribution in [0.4, 0.5) is 5.82 Å². The van der Waals surface area contributed by atoms with Gasteiger partial charge >= 0.3 is 0 Å². The highest BCUT2D eigenvalue weighted by molar-refractivity contribution is 5.97. The van der Waals surface area contributed by atoms with E-state index in [2.05, 4.69) is 69.8 Å². The summed E-state index contributed by atoms with van der Waals surface area (Å²) in [5.41, 5.74) is 6.67. The Morgan fingerprint density at radius 2 is 1.90 bits per heavy atom. The zero-order valence-electron chi connectivity index (χ0n) is 17.7. The third-order valence-corrected chi connectivity index (χ3v) is 5.97. The van der Waals surface area contributed by atoms with Crippen molar-refractivity contribution in [3.63, 3.8) is 0 Å². The Morgan fingerprint density at radius 1 is 1.10 bits per heavy atom. The molecular formula is C25H24N6. The summed E-state index contributed by atoms with van der Waals surface area (Å²) in [6.45, 7) is 9.99. The summed E-state index contributed by atoms with van der Waals surface area (Å²) in [5, 5.41) is 5.69. The van der Waals surface area contributed by atoms with E-state index in [0.717, 1.165) is 46.6 Å². The predicted octanol–water partition coefficient (Wildman–Crippen LogP) is 5.05. The van der Waals surface area contributed by atoms with Gasteiger partial charge in [-0.25, -0.2) is 9.67 Å². The van der Waals surface area contributed by atoms with Gasteiger partial charge in [-0.05, 0) is 62.0 Å². The molecular weight excluding hydrogens is 384 g/mol. The fourth-order valence-electron chi connectivity index (χ4n) is 4.16. The van der Waals surface area contributed by atoms with Gasteiger partial charge in [0.1, 0.15) is 0 Å². The molecule has 0 saturated carbocycles. The molecule has 6 nitrogen and oxygen atoms in total. The van der Waals surface area contributed by atoms with Gasteiger partial charge in [-0.1, -0.05) is 11.6 Å². The summed E-state index contributed by atoms with van der Waals surface area (Å²) in [6.07, 6.45) is 9.44. The molecule has 1 aromatic carbocycles.